The van der Waals surface area contributed by atoms with Crippen molar-refractivity contribution in [3.8, 4) is 0 Å². The molecular weight excluding hydrogens is 268 g/mol. The monoisotopic (exact) mass is 282 g/mol. The summed E-state index contributed by atoms with van der Waals surface area (Å²) in [6.45, 7) is 1.88. The molecule has 0 amide bonds. The molecule has 2 N–H and O–H groups in total. The smallest absolute Gasteiger partial charge is 0.0738 e. The molecule has 2 aliphatic heterocycles. The molecule has 16 heavy (non-hydrogen) atoms. The molecule has 0 unspecified atom stereocenters. The molecule has 2 fully saturated rings. The number of nitrogens with one attached hydrogen (secondary N) is 2. The molecule has 2 aliphatic rings. The van der Waals surface area contributed by atoms with Gasteiger partial charge in [0.15, 0.2) is 0 Å². The highest BCUT2D eigenvalue weighted by Gasteiger charge is 2.34. The first-order chi connectivity index (χ1) is 7.83. The summed E-state index contributed by atoms with van der Waals surface area (Å²) in [6.07, 6.45) is 1.10. The number of hydroxylamine groups is 1. The Bertz CT molecular complexity index is 368. The maximum atomic E-state index is 5.30. The van der Waals surface area contributed by atoms with Gasteiger partial charge in [-0.1, -0.05) is 28.1 Å². The third-order valence-corrected chi connectivity index (χ3v) is 4.02. The number of piperidine rings is 1. The van der Waals surface area contributed by atoms with Crippen LogP contribution in [-0.2, 0) is 4.84 Å². The minimum atomic E-state index is 0.448. The van der Waals surface area contributed by atoms with E-state index in [0.29, 0.717) is 18.0 Å². The van der Waals surface area contributed by atoms with Gasteiger partial charge in [-0.25, -0.2) is 0 Å². The molecular formula is C12H15BrN2O. The standard InChI is InChI=1S/C12H15BrN2O/c13-10-3-1-8(2-4-10)11-5-12-9(6-14-11)7-16-15-12/h1-4,9,11-12,14-15H,5-7H2/t9-,11-,12-/m0/s1. The van der Waals surface area contributed by atoms with Crippen LogP contribution in [0.5, 0.6) is 0 Å². The Morgan fingerprint density at radius 1 is 1.25 bits per heavy atom. The Balaban J connectivity index is 1.74. The lowest BCUT2D eigenvalue weighted by atomic mass is 9.88. The highest BCUT2D eigenvalue weighted by molar-refractivity contribution is 9.10. The van der Waals surface area contributed by atoms with Crippen molar-refractivity contribution in [1.29, 1.82) is 0 Å². The summed E-state index contributed by atoms with van der Waals surface area (Å²) in [5, 5.41) is 3.59. The lowest BCUT2D eigenvalue weighted by Gasteiger charge is -2.31. The van der Waals surface area contributed by atoms with Crippen LogP contribution in [0.1, 0.15) is 18.0 Å². The van der Waals surface area contributed by atoms with Gasteiger partial charge >= 0.3 is 0 Å². The number of hydrogen-bond donors (Lipinski definition) is 2. The summed E-state index contributed by atoms with van der Waals surface area (Å²) in [6, 6.07) is 9.51. The Kier molecular flexibility index (Phi) is 2.98. The maximum absolute atomic E-state index is 5.30. The summed E-state index contributed by atoms with van der Waals surface area (Å²) in [5.74, 6) is 0.631. The molecule has 0 aliphatic carbocycles. The van der Waals surface area contributed by atoms with E-state index in [9.17, 15) is 0 Å². The van der Waals surface area contributed by atoms with Gasteiger partial charge in [-0.2, -0.15) is 5.48 Å². The van der Waals surface area contributed by atoms with Gasteiger partial charge in [-0.05, 0) is 24.1 Å². The Morgan fingerprint density at radius 2 is 2.06 bits per heavy atom. The normalized spacial score (nSPS) is 33.7. The van der Waals surface area contributed by atoms with Crippen LogP contribution in [0.15, 0.2) is 28.7 Å². The van der Waals surface area contributed by atoms with Gasteiger partial charge in [0, 0.05) is 29.0 Å². The maximum Gasteiger partial charge on any atom is 0.0738 e. The third kappa shape index (κ3) is 2.02. The first kappa shape index (κ1) is 10.7. The van der Waals surface area contributed by atoms with Gasteiger partial charge in [0.05, 0.1) is 6.61 Å². The zero-order valence-corrected chi connectivity index (χ0v) is 10.5. The average Bonchev–Trinajstić information content (AvgIpc) is 2.77. The fraction of sp³-hybridized carbons (Fsp3) is 0.500. The van der Waals surface area contributed by atoms with Crippen molar-refractivity contribution in [2.24, 2.45) is 5.92 Å². The van der Waals surface area contributed by atoms with E-state index in [4.69, 9.17) is 4.84 Å². The Hall–Kier alpha value is -0.420. The second-order valence-electron chi connectivity index (χ2n) is 4.54. The molecule has 3 rings (SSSR count). The number of benzene rings is 1. The van der Waals surface area contributed by atoms with Gasteiger partial charge in [-0.15, -0.1) is 0 Å². The fourth-order valence-electron chi connectivity index (χ4n) is 2.50. The van der Waals surface area contributed by atoms with Gasteiger partial charge in [0.1, 0.15) is 0 Å². The molecule has 2 saturated heterocycles. The van der Waals surface area contributed by atoms with Crippen LogP contribution in [0.4, 0.5) is 0 Å². The van der Waals surface area contributed by atoms with E-state index in [1.807, 2.05) is 0 Å². The predicted octanol–water partition coefficient (Wildman–Crippen LogP) is 2.00. The molecule has 2 heterocycles. The number of rotatable bonds is 1. The number of halogens is 1. The van der Waals surface area contributed by atoms with E-state index in [2.05, 4.69) is 51.0 Å². The van der Waals surface area contributed by atoms with E-state index in [0.717, 1.165) is 24.0 Å². The van der Waals surface area contributed by atoms with Crippen molar-refractivity contribution in [3.05, 3.63) is 34.3 Å². The van der Waals surface area contributed by atoms with Crippen molar-refractivity contribution < 1.29 is 4.84 Å². The molecule has 1 aromatic rings. The van der Waals surface area contributed by atoms with Crippen molar-refractivity contribution in [2.75, 3.05) is 13.2 Å². The molecule has 3 atom stereocenters. The van der Waals surface area contributed by atoms with E-state index in [1.54, 1.807) is 0 Å². The van der Waals surface area contributed by atoms with Gasteiger partial charge in [0.2, 0.25) is 0 Å². The molecule has 86 valence electrons. The first-order valence-electron chi connectivity index (χ1n) is 5.69. The second-order valence-corrected chi connectivity index (χ2v) is 5.46. The van der Waals surface area contributed by atoms with Crippen LogP contribution in [0.3, 0.4) is 0 Å². The molecule has 1 aromatic carbocycles. The molecule has 0 radical (unpaired) electrons. The SMILES string of the molecule is Brc1ccc([C@@H]2C[C@@H]3NOC[C@@H]3CN2)cc1. The topological polar surface area (TPSA) is 33.3 Å². The van der Waals surface area contributed by atoms with Crippen molar-refractivity contribution in [3.63, 3.8) is 0 Å². The minimum absolute atomic E-state index is 0.448. The highest BCUT2D eigenvalue weighted by atomic mass is 79.9. The van der Waals surface area contributed by atoms with Crippen LogP contribution in [0.2, 0.25) is 0 Å². The summed E-state index contributed by atoms with van der Waals surface area (Å²) in [4.78, 5) is 5.30. The predicted molar refractivity (Wildman–Crippen MR) is 65.9 cm³/mol. The van der Waals surface area contributed by atoms with E-state index < -0.39 is 0 Å². The van der Waals surface area contributed by atoms with Crippen molar-refractivity contribution in [1.82, 2.24) is 10.8 Å². The number of hydrogen-bond acceptors (Lipinski definition) is 3. The van der Waals surface area contributed by atoms with Crippen LogP contribution < -0.4 is 10.8 Å². The summed E-state index contributed by atoms with van der Waals surface area (Å²) >= 11 is 3.46. The van der Waals surface area contributed by atoms with E-state index >= 15 is 0 Å². The summed E-state index contributed by atoms with van der Waals surface area (Å²) < 4.78 is 1.13. The number of fused-ring (bicyclic) bond motifs is 1. The highest BCUT2D eigenvalue weighted by Crippen LogP contribution is 2.29. The van der Waals surface area contributed by atoms with Crippen molar-refractivity contribution >= 4 is 15.9 Å². The summed E-state index contributed by atoms with van der Waals surface area (Å²) in [7, 11) is 0. The quantitative estimate of drug-likeness (QED) is 0.827. The lowest BCUT2D eigenvalue weighted by Crippen LogP contribution is -2.43. The van der Waals surface area contributed by atoms with Crippen LogP contribution >= 0.6 is 15.9 Å². The van der Waals surface area contributed by atoms with Gasteiger partial charge in [0.25, 0.3) is 0 Å². The third-order valence-electron chi connectivity index (χ3n) is 3.49. The Labute approximate surface area is 104 Å². The van der Waals surface area contributed by atoms with Gasteiger partial charge in [-0.3, -0.25) is 0 Å². The van der Waals surface area contributed by atoms with E-state index in [1.165, 1.54) is 5.56 Å². The molecule has 4 heteroatoms. The van der Waals surface area contributed by atoms with E-state index in [-0.39, 0.29) is 0 Å². The van der Waals surface area contributed by atoms with Crippen molar-refractivity contribution in [2.45, 2.75) is 18.5 Å². The second kappa shape index (κ2) is 4.45. The molecule has 0 saturated carbocycles. The molecule has 0 spiro atoms. The van der Waals surface area contributed by atoms with Crippen LogP contribution in [-0.4, -0.2) is 19.2 Å². The van der Waals surface area contributed by atoms with Gasteiger partial charge < -0.3 is 10.2 Å². The zero-order valence-electron chi connectivity index (χ0n) is 8.95. The molecule has 0 bridgehead atoms. The minimum Gasteiger partial charge on any atom is -0.309 e. The fourth-order valence-corrected chi connectivity index (χ4v) is 2.76. The zero-order chi connectivity index (χ0) is 11.0. The molecule has 0 aromatic heterocycles. The van der Waals surface area contributed by atoms with Crippen LogP contribution in [0.25, 0.3) is 0 Å². The first-order valence-corrected chi connectivity index (χ1v) is 6.48. The summed E-state index contributed by atoms with van der Waals surface area (Å²) in [5.41, 5.74) is 4.48. The largest absolute Gasteiger partial charge is 0.309 e. The Morgan fingerprint density at radius 3 is 2.88 bits per heavy atom. The average molecular weight is 283 g/mol. The molecule has 3 nitrogen and oxygen atoms in total. The lowest BCUT2D eigenvalue weighted by molar-refractivity contribution is 0.0853. The van der Waals surface area contributed by atoms with Crippen LogP contribution in [0, 0.1) is 5.92 Å².